The van der Waals surface area contributed by atoms with Gasteiger partial charge in [-0.3, -0.25) is 0 Å². The highest BCUT2D eigenvalue weighted by Crippen LogP contribution is 2.47. The van der Waals surface area contributed by atoms with Crippen molar-refractivity contribution in [2.24, 2.45) is 0 Å². The molecule has 0 fully saturated rings. The largest absolute Gasteiger partial charge is 0.336 e. The van der Waals surface area contributed by atoms with Gasteiger partial charge >= 0.3 is 0 Å². The maximum Gasteiger partial charge on any atom is 0.0704 e. The molecule has 68 heavy (non-hydrogen) atoms. The van der Waals surface area contributed by atoms with E-state index in [0.717, 1.165) is 6.54 Å². The second-order valence-electron chi connectivity index (χ2n) is 13.7. The molecule has 0 N–H and O–H groups in total. The summed E-state index contributed by atoms with van der Waals surface area (Å²) < 4.78 is 4.93. The van der Waals surface area contributed by atoms with Crippen LogP contribution in [0.5, 0.6) is 0 Å². The van der Waals surface area contributed by atoms with Gasteiger partial charge in [0.2, 0.25) is 0 Å². The van der Waals surface area contributed by atoms with E-state index in [-0.39, 0.29) is 0 Å². The average molecular weight is 905 g/mol. The van der Waals surface area contributed by atoms with E-state index in [1.165, 1.54) is 77.1 Å². The summed E-state index contributed by atoms with van der Waals surface area (Å²) in [5, 5.41) is 5.07. The third kappa shape index (κ3) is 11.9. The van der Waals surface area contributed by atoms with Crippen molar-refractivity contribution >= 4 is 43.6 Å². The molecule has 0 atom stereocenters. The molecule has 0 aliphatic rings. The molecule has 0 radical (unpaired) electrons. The predicted molar refractivity (Wildman–Crippen MR) is 308 cm³/mol. The van der Waals surface area contributed by atoms with Crippen LogP contribution < -0.4 is 0 Å². The minimum Gasteiger partial charge on any atom is -0.336 e. The Bertz CT molecular complexity index is 2710. The molecule has 358 valence electrons. The highest BCUT2D eigenvalue weighted by molar-refractivity contribution is 6.11. The third-order valence-electron chi connectivity index (χ3n) is 11.0. The van der Waals surface area contributed by atoms with Crippen molar-refractivity contribution in [2.45, 2.75) is 123 Å². The molecule has 0 spiro atoms. The zero-order valence-corrected chi connectivity index (χ0v) is 44.7. The summed E-state index contributed by atoms with van der Waals surface area (Å²) in [6, 6.07) is 75.5. The molecule has 2 nitrogen and oxygen atoms in total. The van der Waals surface area contributed by atoms with Crippen LogP contribution in [0.1, 0.15) is 139 Å². The van der Waals surface area contributed by atoms with Gasteiger partial charge in [0.15, 0.2) is 0 Å². The van der Waals surface area contributed by atoms with E-state index in [4.69, 9.17) is 0 Å². The van der Waals surface area contributed by atoms with Crippen molar-refractivity contribution in [1.29, 1.82) is 0 Å². The number of hydrogen-bond donors (Lipinski definition) is 0. The van der Waals surface area contributed by atoms with Gasteiger partial charge in [-0.1, -0.05) is 281 Å². The van der Waals surface area contributed by atoms with Gasteiger partial charge < -0.3 is 9.13 Å². The summed E-state index contributed by atoms with van der Waals surface area (Å²) in [4.78, 5) is 0. The lowest BCUT2D eigenvalue weighted by Crippen LogP contribution is -2.32. The number of hydrogen-bond acceptors (Lipinski definition) is 0. The number of para-hydroxylation sites is 3. The number of rotatable bonds is 7. The molecule has 0 aliphatic carbocycles. The van der Waals surface area contributed by atoms with Crippen molar-refractivity contribution in [2.75, 3.05) is 0 Å². The first-order valence-electron chi connectivity index (χ1n) is 26.1. The minimum atomic E-state index is -0.525. The summed E-state index contributed by atoms with van der Waals surface area (Å²) in [7, 11) is 0. The number of nitrogens with zero attached hydrogens (tertiary/aromatic N) is 2. The molecule has 10 rings (SSSR count). The lowest BCUT2D eigenvalue weighted by Gasteiger charge is -2.38. The molecule has 0 aliphatic heterocycles. The second kappa shape index (κ2) is 31.4. The lowest BCUT2D eigenvalue weighted by molar-refractivity contribution is 0.719. The Morgan fingerprint density at radius 3 is 1.04 bits per heavy atom. The molecule has 0 amide bonds. The van der Waals surface area contributed by atoms with Crippen LogP contribution in [0.15, 0.2) is 206 Å². The molecular formula is C66H84N2. The van der Waals surface area contributed by atoms with Crippen molar-refractivity contribution in [3.05, 3.63) is 234 Å². The molecule has 10 aromatic rings. The zero-order chi connectivity index (χ0) is 50.5. The fourth-order valence-electron chi connectivity index (χ4n) is 8.78. The van der Waals surface area contributed by atoms with Crippen LogP contribution in [0.2, 0.25) is 0 Å². The van der Waals surface area contributed by atoms with E-state index in [2.05, 4.69) is 215 Å². The van der Waals surface area contributed by atoms with Gasteiger partial charge in [-0.25, -0.2) is 0 Å². The van der Waals surface area contributed by atoms with E-state index in [0.29, 0.717) is 0 Å². The summed E-state index contributed by atoms with van der Waals surface area (Å²) in [6.45, 7) is 32.7. The Hall–Kier alpha value is -6.64. The standard InChI is InChI=1S/C50H36N2.8C2H6/c1-4-19-37(20-5-1)50(38-21-6-2-7-22-38,39-23-8-3-9-24-39)45-28-14-10-18-36(45)35-51-46-29-15-11-27-43(46)44-34-40(32-33-47(44)51)52-48-30-16-12-25-41(48)42-26-13-17-31-49(42)52;8*1-2/h1-34H,35H2;8*1-2H3. The Balaban J connectivity index is 0.000000905. The summed E-state index contributed by atoms with van der Waals surface area (Å²) in [6.07, 6.45) is 0. The first-order valence-corrected chi connectivity index (χ1v) is 26.1. The highest BCUT2D eigenvalue weighted by Gasteiger charge is 2.39. The number of benzene rings is 8. The van der Waals surface area contributed by atoms with Gasteiger partial charge in [0, 0.05) is 44.8 Å². The van der Waals surface area contributed by atoms with Crippen LogP contribution in [0.3, 0.4) is 0 Å². The number of fused-ring (bicyclic) bond motifs is 6. The van der Waals surface area contributed by atoms with E-state index < -0.39 is 5.41 Å². The minimum absolute atomic E-state index is 0.525. The molecule has 0 bridgehead atoms. The fraction of sp³-hybridized carbons (Fsp3) is 0.273. The Morgan fingerprint density at radius 1 is 0.294 bits per heavy atom. The first-order chi connectivity index (χ1) is 33.8. The normalized spacial score (nSPS) is 9.82. The SMILES string of the molecule is CC.CC.CC.CC.CC.CC.CC.CC.c1ccc(C(c2ccccc2)(c2ccccc2)c2ccccc2Cn2c3ccccc3c3cc(-n4c5ccccc5c5ccccc54)ccc32)cc1. The Labute approximate surface area is 413 Å². The molecule has 0 unspecified atom stereocenters. The van der Waals surface area contributed by atoms with E-state index in [1.54, 1.807) is 0 Å². The van der Waals surface area contributed by atoms with Crippen molar-refractivity contribution in [3.63, 3.8) is 0 Å². The lowest BCUT2D eigenvalue weighted by atomic mass is 9.64. The molecular weight excluding hydrogens is 821 g/mol. The summed E-state index contributed by atoms with van der Waals surface area (Å²) >= 11 is 0. The molecule has 0 saturated heterocycles. The van der Waals surface area contributed by atoms with Crippen LogP contribution >= 0.6 is 0 Å². The molecule has 2 heterocycles. The zero-order valence-electron chi connectivity index (χ0n) is 44.7. The molecule has 8 aromatic carbocycles. The van der Waals surface area contributed by atoms with Gasteiger partial charge in [-0.05, 0) is 64.2 Å². The fourth-order valence-corrected chi connectivity index (χ4v) is 8.78. The highest BCUT2D eigenvalue weighted by atomic mass is 15.0. The van der Waals surface area contributed by atoms with Gasteiger partial charge in [-0.2, -0.15) is 0 Å². The van der Waals surface area contributed by atoms with Crippen molar-refractivity contribution in [1.82, 2.24) is 9.13 Å². The molecule has 2 aromatic heterocycles. The van der Waals surface area contributed by atoms with Crippen molar-refractivity contribution < 1.29 is 0 Å². The Morgan fingerprint density at radius 2 is 0.618 bits per heavy atom. The second-order valence-corrected chi connectivity index (χ2v) is 13.7. The smallest absolute Gasteiger partial charge is 0.0704 e. The quantitative estimate of drug-likeness (QED) is 0.141. The summed E-state index contributed by atoms with van der Waals surface area (Å²) in [5.74, 6) is 0. The maximum absolute atomic E-state index is 2.52. The maximum atomic E-state index is 2.52. The third-order valence-corrected chi connectivity index (χ3v) is 11.0. The first kappa shape index (κ1) is 57.5. The van der Waals surface area contributed by atoms with Crippen LogP contribution in [0.25, 0.3) is 49.3 Å². The monoisotopic (exact) mass is 905 g/mol. The topological polar surface area (TPSA) is 9.86 Å². The van der Waals surface area contributed by atoms with Gasteiger partial charge in [-0.15, -0.1) is 0 Å². The van der Waals surface area contributed by atoms with Crippen LogP contribution in [-0.2, 0) is 12.0 Å². The number of aromatic nitrogens is 2. The molecule has 2 heteroatoms. The predicted octanol–water partition coefficient (Wildman–Crippen LogP) is 20.5. The van der Waals surface area contributed by atoms with Gasteiger partial charge in [0.05, 0.1) is 16.4 Å². The van der Waals surface area contributed by atoms with Gasteiger partial charge in [0.25, 0.3) is 0 Å². The van der Waals surface area contributed by atoms with E-state index in [1.807, 2.05) is 111 Å². The van der Waals surface area contributed by atoms with Crippen LogP contribution in [0.4, 0.5) is 0 Å². The van der Waals surface area contributed by atoms with E-state index >= 15 is 0 Å². The van der Waals surface area contributed by atoms with E-state index in [9.17, 15) is 0 Å². The van der Waals surface area contributed by atoms with Gasteiger partial charge in [0.1, 0.15) is 0 Å². The van der Waals surface area contributed by atoms with Crippen LogP contribution in [-0.4, -0.2) is 9.13 Å². The average Bonchev–Trinajstić information content (AvgIpc) is 3.96. The van der Waals surface area contributed by atoms with Crippen LogP contribution in [0, 0.1) is 0 Å². The summed E-state index contributed by atoms with van der Waals surface area (Å²) in [5.41, 5.74) is 11.9. The van der Waals surface area contributed by atoms with Crippen molar-refractivity contribution in [3.8, 4) is 5.69 Å². The molecule has 0 saturated carbocycles. The Kier molecular flexibility index (Phi) is 26.5.